The molecule has 0 aromatic rings. The minimum Gasteiger partial charge on any atom is -0.480 e. The number of methoxy groups -OCH3 is 1. The predicted octanol–water partition coefficient (Wildman–Crippen LogP) is -0.389. The van der Waals surface area contributed by atoms with Crippen LogP contribution in [0.1, 0.15) is 13.8 Å². The summed E-state index contributed by atoms with van der Waals surface area (Å²) in [4.78, 5) is 21.3. The van der Waals surface area contributed by atoms with Crippen molar-refractivity contribution in [3.63, 3.8) is 0 Å². The maximum atomic E-state index is 11.0. The van der Waals surface area contributed by atoms with E-state index < -0.39 is 24.0 Å². The van der Waals surface area contributed by atoms with Crippen LogP contribution in [0.5, 0.6) is 0 Å². The van der Waals surface area contributed by atoms with E-state index in [1.165, 1.54) is 14.0 Å². The van der Waals surface area contributed by atoms with Gasteiger partial charge in [-0.3, -0.25) is 9.59 Å². The summed E-state index contributed by atoms with van der Waals surface area (Å²) in [5.74, 6) is -1.49. The number of hydrogen-bond donors (Lipinski definition) is 2. The Bertz CT molecular complexity index is 180. The summed E-state index contributed by atoms with van der Waals surface area (Å²) in [6.07, 6.45) is -0.619. The van der Waals surface area contributed by atoms with E-state index in [2.05, 4.69) is 10.1 Å². The molecule has 0 aromatic heterocycles. The molecule has 0 aliphatic rings. The zero-order valence-electron chi connectivity index (χ0n) is 7.33. The Labute approximate surface area is 70.7 Å². The molecule has 5 nitrogen and oxygen atoms in total. The fourth-order valence-electron chi connectivity index (χ4n) is 0.500. The molecule has 0 radical (unpaired) electrons. The van der Waals surface area contributed by atoms with E-state index >= 15 is 0 Å². The molecule has 0 spiro atoms. The lowest BCUT2D eigenvalue weighted by Gasteiger charge is -2.12. The molecule has 0 aromatic carbocycles. The molecule has 0 heterocycles. The lowest BCUT2D eigenvalue weighted by atomic mass is 10.3. The van der Waals surface area contributed by atoms with Gasteiger partial charge in [-0.2, -0.15) is 0 Å². The predicted molar refractivity (Wildman–Crippen MR) is 41.7 cm³/mol. The van der Waals surface area contributed by atoms with Gasteiger partial charge in [-0.1, -0.05) is 0 Å². The molecule has 70 valence electrons. The standard InChI is InChI=1S/C7H13NO4/c1-4(7(10)11)8-6(9)5(2)12-3/h4-5H,1-3H3,(H,8,9)(H,10,11)/t4-,5?/m0/s1. The molecule has 0 bridgehead atoms. The van der Waals surface area contributed by atoms with E-state index in [9.17, 15) is 9.59 Å². The smallest absolute Gasteiger partial charge is 0.325 e. The highest BCUT2D eigenvalue weighted by molar-refractivity contribution is 5.85. The normalized spacial score (nSPS) is 14.9. The summed E-state index contributed by atoms with van der Waals surface area (Å²) in [7, 11) is 1.38. The van der Waals surface area contributed by atoms with Crippen LogP contribution < -0.4 is 5.32 Å². The summed E-state index contributed by atoms with van der Waals surface area (Å²) < 4.78 is 4.69. The van der Waals surface area contributed by atoms with Crippen molar-refractivity contribution in [3.8, 4) is 0 Å². The first-order chi connectivity index (χ1) is 5.49. The third-order valence-electron chi connectivity index (χ3n) is 1.45. The van der Waals surface area contributed by atoms with Crippen LogP contribution in [0.15, 0.2) is 0 Å². The Hall–Kier alpha value is -1.10. The van der Waals surface area contributed by atoms with Gasteiger partial charge in [0.15, 0.2) is 0 Å². The number of ether oxygens (including phenoxy) is 1. The van der Waals surface area contributed by atoms with Crippen LogP contribution in [0.4, 0.5) is 0 Å². The Morgan fingerprint density at radius 3 is 2.25 bits per heavy atom. The second-order valence-electron chi connectivity index (χ2n) is 2.45. The maximum absolute atomic E-state index is 11.0. The molecule has 0 rings (SSSR count). The lowest BCUT2D eigenvalue weighted by molar-refractivity contribution is -0.143. The molecule has 0 fully saturated rings. The SMILES string of the molecule is COC(C)C(=O)N[C@@H](C)C(=O)O. The van der Waals surface area contributed by atoms with Crippen LogP contribution in [-0.2, 0) is 14.3 Å². The molecule has 12 heavy (non-hydrogen) atoms. The Kier molecular flexibility index (Phi) is 4.28. The average molecular weight is 175 g/mol. The van der Waals surface area contributed by atoms with Crippen molar-refractivity contribution in [2.24, 2.45) is 0 Å². The second kappa shape index (κ2) is 4.71. The highest BCUT2D eigenvalue weighted by Crippen LogP contribution is 1.89. The van der Waals surface area contributed by atoms with Crippen molar-refractivity contribution in [1.29, 1.82) is 0 Å². The van der Waals surface area contributed by atoms with Gasteiger partial charge in [0.25, 0.3) is 0 Å². The van der Waals surface area contributed by atoms with Gasteiger partial charge in [0.1, 0.15) is 12.1 Å². The first-order valence-electron chi connectivity index (χ1n) is 3.55. The van der Waals surface area contributed by atoms with Crippen molar-refractivity contribution in [3.05, 3.63) is 0 Å². The van der Waals surface area contributed by atoms with Crippen LogP contribution >= 0.6 is 0 Å². The quantitative estimate of drug-likeness (QED) is 0.610. The van der Waals surface area contributed by atoms with E-state index in [0.29, 0.717) is 0 Å². The van der Waals surface area contributed by atoms with Crippen LogP contribution in [0.25, 0.3) is 0 Å². The van der Waals surface area contributed by atoms with E-state index in [0.717, 1.165) is 0 Å². The van der Waals surface area contributed by atoms with Crippen molar-refractivity contribution in [1.82, 2.24) is 5.32 Å². The molecular weight excluding hydrogens is 162 g/mol. The molecule has 2 N–H and O–H groups in total. The zero-order chi connectivity index (χ0) is 9.72. The number of hydrogen-bond acceptors (Lipinski definition) is 3. The fraction of sp³-hybridized carbons (Fsp3) is 0.714. The molecule has 5 heteroatoms. The average Bonchev–Trinajstić information content (AvgIpc) is 2.02. The van der Waals surface area contributed by atoms with Crippen molar-refractivity contribution in [2.45, 2.75) is 26.0 Å². The highest BCUT2D eigenvalue weighted by atomic mass is 16.5. The maximum Gasteiger partial charge on any atom is 0.325 e. The largest absolute Gasteiger partial charge is 0.480 e. The van der Waals surface area contributed by atoms with E-state index in [-0.39, 0.29) is 0 Å². The topological polar surface area (TPSA) is 75.6 Å². The Morgan fingerprint density at radius 1 is 1.42 bits per heavy atom. The summed E-state index contributed by atoms with van der Waals surface area (Å²) in [5, 5.41) is 10.7. The van der Waals surface area contributed by atoms with Crippen LogP contribution in [0, 0.1) is 0 Å². The summed E-state index contributed by atoms with van der Waals surface area (Å²) in [5.41, 5.74) is 0. The third-order valence-corrected chi connectivity index (χ3v) is 1.45. The Morgan fingerprint density at radius 2 is 1.92 bits per heavy atom. The van der Waals surface area contributed by atoms with E-state index in [4.69, 9.17) is 5.11 Å². The number of aliphatic carboxylic acids is 1. The van der Waals surface area contributed by atoms with Crippen LogP contribution in [0.2, 0.25) is 0 Å². The molecule has 0 aliphatic carbocycles. The highest BCUT2D eigenvalue weighted by Gasteiger charge is 2.17. The van der Waals surface area contributed by atoms with Gasteiger partial charge in [0, 0.05) is 7.11 Å². The van der Waals surface area contributed by atoms with Crippen molar-refractivity contribution < 1.29 is 19.4 Å². The van der Waals surface area contributed by atoms with Gasteiger partial charge < -0.3 is 15.2 Å². The number of carbonyl (C=O) groups is 2. The summed E-state index contributed by atoms with van der Waals surface area (Å²) in [6, 6.07) is -0.880. The molecule has 0 aliphatic heterocycles. The number of rotatable bonds is 4. The van der Waals surface area contributed by atoms with Gasteiger partial charge in [-0.05, 0) is 13.8 Å². The number of amides is 1. The number of carbonyl (C=O) groups excluding carboxylic acids is 1. The minimum atomic E-state index is -1.06. The summed E-state index contributed by atoms with van der Waals surface area (Å²) >= 11 is 0. The van der Waals surface area contributed by atoms with Crippen LogP contribution in [0.3, 0.4) is 0 Å². The van der Waals surface area contributed by atoms with Gasteiger partial charge in [-0.15, -0.1) is 0 Å². The fourth-order valence-corrected chi connectivity index (χ4v) is 0.500. The first kappa shape index (κ1) is 10.9. The lowest BCUT2D eigenvalue weighted by Crippen LogP contribution is -2.43. The van der Waals surface area contributed by atoms with Crippen molar-refractivity contribution >= 4 is 11.9 Å². The third kappa shape index (κ3) is 3.34. The molecule has 0 saturated carbocycles. The van der Waals surface area contributed by atoms with Gasteiger partial charge in [0.2, 0.25) is 5.91 Å². The minimum absolute atomic E-state index is 0.424. The van der Waals surface area contributed by atoms with Gasteiger partial charge >= 0.3 is 5.97 Å². The monoisotopic (exact) mass is 175 g/mol. The summed E-state index contributed by atoms with van der Waals surface area (Å²) in [6.45, 7) is 2.94. The molecule has 2 atom stereocenters. The molecule has 1 amide bonds. The van der Waals surface area contributed by atoms with Crippen LogP contribution in [-0.4, -0.2) is 36.2 Å². The molecular formula is C7H13NO4. The Balaban J connectivity index is 3.92. The second-order valence-corrected chi connectivity index (χ2v) is 2.45. The van der Waals surface area contributed by atoms with Gasteiger partial charge in [0.05, 0.1) is 0 Å². The van der Waals surface area contributed by atoms with Crippen molar-refractivity contribution in [2.75, 3.05) is 7.11 Å². The first-order valence-corrected chi connectivity index (χ1v) is 3.55. The number of carboxylic acid groups (broad SMARTS) is 1. The van der Waals surface area contributed by atoms with Gasteiger partial charge in [-0.25, -0.2) is 0 Å². The number of carboxylic acids is 1. The van der Waals surface area contributed by atoms with E-state index in [1.807, 2.05) is 0 Å². The van der Waals surface area contributed by atoms with E-state index in [1.54, 1.807) is 6.92 Å². The molecule has 1 unspecified atom stereocenters. The zero-order valence-corrected chi connectivity index (χ0v) is 7.33. The number of nitrogens with one attached hydrogen (secondary N) is 1. The molecule has 0 saturated heterocycles.